The van der Waals surface area contributed by atoms with Crippen LogP contribution in [0.3, 0.4) is 0 Å². The Balaban J connectivity index is 3.39. The van der Waals surface area contributed by atoms with Gasteiger partial charge in [-0.25, -0.2) is 4.79 Å². The maximum absolute atomic E-state index is 11.3. The minimum Gasteiger partial charge on any atom is -0.463 e. The molecule has 0 amide bonds. The van der Waals surface area contributed by atoms with E-state index in [0.29, 0.717) is 0 Å². The van der Waals surface area contributed by atoms with Crippen molar-refractivity contribution in [3.63, 3.8) is 0 Å². The Morgan fingerprint density at radius 2 is 1.59 bits per heavy atom. The fourth-order valence-corrected chi connectivity index (χ4v) is 0.772. The third kappa shape index (κ3) is 8.45. The van der Waals surface area contributed by atoms with E-state index in [-0.39, 0.29) is 32.4 Å². The van der Waals surface area contributed by atoms with E-state index in [9.17, 15) is 9.59 Å². The SMILES string of the molecule is C=CC(=O)OCCOCCOC(=O)C(C)(C)C. The molecule has 0 fully saturated rings. The zero-order valence-corrected chi connectivity index (χ0v) is 10.7. The van der Waals surface area contributed by atoms with Crippen LogP contribution in [0, 0.1) is 5.41 Å². The van der Waals surface area contributed by atoms with Gasteiger partial charge in [-0.2, -0.15) is 0 Å². The van der Waals surface area contributed by atoms with Gasteiger partial charge in [0.05, 0.1) is 18.6 Å². The third-order valence-corrected chi connectivity index (χ3v) is 1.71. The Morgan fingerprint density at radius 1 is 1.06 bits per heavy atom. The largest absolute Gasteiger partial charge is 0.463 e. The average molecular weight is 244 g/mol. The van der Waals surface area contributed by atoms with E-state index in [1.54, 1.807) is 20.8 Å². The van der Waals surface area contributed by atoms with Gasteiger partial charge in [0.2, 0.25) is 0 Å². The van der Waals surface area contributed by atoms with Crippen LogP contribution in [0.1, 0.15) is 20.8 Å². The Bertz CT molecular complexity index is 265. The molecule has 5 nitrogen and oxygen atoms in total. The third-order valence-electron chi connectivity index (χ3n) is 1.71. The molecule has 0 unspecified atom stereocenters. The van der Waals surface area contributed by atoms with E-state index in [4.69, 9.17) is 9.47 Å². The van der Waals surface area contributed by atoms with Crippen LogP contribution >= 0.6 is 0 Å². The number of esters is 2. The first-order valence-electron chi connectivity index (χ1n) is 5.42. The lowest BCUT2D eigenvalue weighted by Crippen LogP contribution is -2.24. The summed E-state index contributed by atoms with van der Waals surface area (Å²) in [7, 11) is 0. The molecule has 0 bridgehead atoms. The van der Waals surface area contributed by atoms with Gasteiger partial charge < -0.3 is 14.2 Å². The Hall–Kier alpha value is -1.36. The molecule has 0 aliphatic heterocycles. The van der Waals surface area contributed by atoms with Crippen LogP contribution in [0.2, 0.25) is 0 Å². The molecule has 0 radical (unpaired) electrons. The summed E-state index contributed by atoms with van der Waals surface area (Å²) >= 11 is 0. The van der Waals surface area contributed by atoms with Crippen molar-refractivity contribution in [3.05, 3.63) is 12.7 Å². The van der Waals surface area contributed by atoms with Crippen molar-refractivity contribution in [1.29, 1.82) is 0 Å². The topological polar surface area (TPSA) is 61.8 Å². The van der Waals surface area contributed by atoms with Crippen molar-refractivity contribution < 1.29 is 23.8 Å². The summed E-state index contributed by atoms with van der Waals surface area (Å²) in [5, 5.41) is 0. The monoisotopic (exact) mass is 244 g/mol. The highest BCUT2D eigenvalue weighted by atomic mass is 16.6. The summed E-state index contributed by atoms with van der Waals surface area (Å²) in [5.41, 5.74) is -0.501. The molecule has 98 valence electrons. The molecule has 5 heteroatoms. The smallest absolute Gasteiger partial charge is 0.330 e. The first-order chi connectivity index (χ1) is 7.88. The van der Waals surface area contributed by atoms with Gasteiger partial charge in [-0.15, -0.1) is 0 Å². The molecule has 0 saturated carbocycles. The molecule has 0 aliphatic rings. The lowest BCUT2D eigenvalue weighted by Gasteiger charge is -2.16. The van der Waals surface area contributed by atoms with Crippen LogP contribution in [-0.2, 0) is 23.8 Å². The standard InChI is InChI=1S/C12H20O5/c1-5-10(13)16-8-6-15-7-9-17-11(14)12(2,3)4/h5H,1,6-9H2,2-4H3. The fourth-order valence-electron chi connectivity index (χ4n) is 0.772. The number of carbonyl (C=O) groups excluding carboxylic acids is 2. The summed E-state index contributed by atoms with van der Waals surface area (Å²) in [6.07, 6.45) is 1.09. The zero-order valence-electron chi connectivity index (χ0n) is 10.7. The summed E-state index contributed by atoms with van der Waals surface area (Å²) in [6.45, 7) is 9.53. The van der Waals surface area contributed by atoms with Gasteiger partial charge >= 0.3 is 11.9 Å². The Labute approximate surface area is 102 Å². The van der Waals surface area contributed by atoms with Gasteiger partial charge in [0.15, 0.2) is 0 Å². The molecule has 0 aromatic carbocycles. The molecular weight excluding hydrogens is 224 g/mol. The Morgan fingerprint density at radius 3 is 2.06 bits per heavy atom. The van der Waals surface area contributed by atoms with Crippen molar-refractivity contribution >= 4 is 11.9 Å². The molecule has 0 aliphatic carbocycles. The highest BCUT2D eigenvalue weighted by Crippen LogP contribution is 2.14. The number of carbonyl (C=O) groups is 2. The van der Waals surface area contributed by atoms with Crippen molar-refractivity contribution in [2.24, 2.45) is 5.41 Å². The molecule has 0 heterocycles. The van der Waals surface area contributed by atoms with Crippen molar-refractivity contribution in [3.8, 4) is 0 Å². The molecule has 0 saturated heterocycles. The van der Waals surface area contributed by atoms with E-state index in [0.717, 1.165) is 6.08 Å². The van der Waals surface area contributed by atoms with Crippen LogP contribution in [0.5, 0.6) is 0 Å². The molecule has 0 atom stereocenters. The van der Waals surface area contributed by atoms with Gasteiger partial charge in [-0.3, -0.25) is 4.79 Å². The first-order valence-corrected chi connectivity index (χ1v) is 5.42. The second kappa shape index (κ2) is 7.84. The van der Waals surface area contributed by atoms with Crippen LogP contribution in [0.25, 0.3) is 0 Å². The highest BCUT2D eigenvalue weighted by Gasteiger charge is 2.22. The Kier molecular flexibility index (Phi) is 7.21. The fraction of sp³-hybridized carbons (Fsp3) is 0.667. The molecule has 0 aromatic heterocycles. The van der Waals surface area contributed by atoms with Crippen LogP contribution < -0.4 is 0 Å². The van der Waals surface area contributed by atoms with Gasteiger partial charge in [-0.05, 0) is 20.8 Å². The first kappa shape index (κ1) is 15.6. The molecule has 17 heavy (non-hydrogen) atoms. The summed E-state index contributed by atoms with van der Waals surface area (Å²) < 4.78 is 14.8. The number of hydrogen-bond acceptors (Lipinski definition) is 5. The molecule has 0 rings (SSSR count). The molecule has 0 N–H and O–H groups in total. The van der Waals surface area contributed by atoms with E-state index in [2.05, 4.69) is 11.3 Å². The minimum atomic E-state index is -0.501. The van der Waals surface area contributed by atoms with E-state index in [1.165, 1.54) is 0 Å². The second-order valence-corrected chi connectivity index (χ2v) is 4.37. The number of rotatable bonds is 7. The highest BCUT2D eigenvalue weighted by molar-refractivity contribution is 5.81. The van der Waals surface area contributed by atoms with Crippen LogP contribution in [0.4, 0.5) is 0 Å². The van der Waals surface area contributed by atoms with E-state index >= 15 is 0 Å². The van der Waals surface area contributed by atoms with Gasteiger partial charge in [0, 0.05) is 6.08 Å². The number of ether oxygens (including phenoxy) is 3. The second-order valence-electron chi connectivity index (χ2n) is 4.37. The maximum atomic E-state index is 11.3. The van der Waals surface area contributed by atoms with Crippen molar-refractivity contribution in [2.75, 3.05) is 26.4 Å². The van der Waals surface area contributed by atoms with E-state index in [1.807, 2.05) is 0 Å². The normalized spacial score (nSPS) is 10.8. The van der Waals surface area contributed by atoms with Crippen molar-refractivity contribution in [1.82, 2.24) is 0 Å². The number of hydrogen-bond donors (Lipinski definition) is 0. The average Bonchev–Trinajstić information content (AvgIpc) is 2.25. The summed E-state index contributed by atoms with van der Waals surface area (Å²) in [6, 6.07) is 0. The molecule has 0 spiro atoms. The maximum Gasteiger partial charge on any atom is 0.330 e. The van der Waals surface area contributed by atoms with Gasteiger partial charge in [-0.1, -0.05) is 6.58 Å². The van der Waals surface area contributed by atoms with Gasteiger partial charge in [0.25, 0.3) is 0 Å². The predicted octanol–water partition coefficient (Wildman–Crippen LogP) is 1.32. The van der Waals surface area contributed by atoms with Crippen LogP contribution in [-0.4, -0.2) is 38.4 Å². The van der Waals surface area contributed by atoms with Crippen LogP contribution in [0.15, 0.2) is 12.7 Å². The summed E-state index contributed by atoms with van der Waals surface area (Å²) in [5.74, 6) is -0.744. The quantitative estimate of drug-likeness (QED) is 0.384. The zero-order chi connectivity index (χ0) is 13.3. The van der Waals surface area contributed by atoms with Crippen molar-refractivity contribution in [2.45, 2.75) is 20.8 Å². The lowest BCUT2D eigenvalue weighted by atomic mass is 9.97. The molecule has 0 aromatic rings. The predicted molar refractivity (Wildman–Crippen MR) is 62.4 cm³/mol. The summed E-state index contributed by atoms with van der Waals surface area (Å²) in [4.78, 5) is 22.0. The molecular formula is C12H20O5. The minimum absolute atomic E-state index is 0.165. The lowest BCUT2D eigenvalue weighted by molar-refractivity contribution is -0.154. The van der Waals surface area contributed by atoms with E-state index < -0.39 is 11.4 Å². The van der Waals surface area contributed by atoms with Gasteiger partial charge in [0.1, 0.15) is 13.2 Å².